The van der Waals surface area contributed by atoms with Crippen molar-refractivity contribution in [1.82, 2.24) is 0 Å². The molecular formula is C62H50N2. The van der Waals surface area contributed by atoms with Gasteiger partial charge >= 0.3 is 0 Å². The average Bonchev–Trinajstić information content (AvgIpc) is 3.56. The first-order chi connectivity index (χ1) is 31.3. The van der Waals surface area contributed by atoms with E-state index in [1.807, 2.05) is 0 Å². The van der Waals surface area contributed by atoms with Crippen LogP contribution in [0.15, 0.2) is 237 Å². The third-order valence-corrected chi connectivity index (χ3v) is 13.6. The molecule has 2 nitrogen and oxygen atoms in total. The Labute approximate surface area is 377 Å². The second-order valence-corrected chi connectivity index (χ2v) is 18.2. The summed E-state index contributed by atoms with van der Waals surface area (Å²) >= 11 is 0. The fraction of sp³-hybridized carbons (Fsp3) is 0.0968. The summed E-state index contributed by atoms with van der Waals surface area (Å²) in [5, 5.41) is 4.92. The van der Waals surface area contributed by atoms with Crippen LogP contribution in [0.2, 0.25) is 0 Å². The lowest BCUT2D eigenvalue weighted by Gasteiger charge is -2.31. The number of hydrogen-bond acceptors (Lipinski definition) is 2. The standard InChI is InChI=1S/C62H50N2/c1-61(2)43-62(3,52-28-36-55(37-29-52)63(56-34-26-46-18-10-12-20-50(46)40-56)53-30-22-48(23-31-53)44-14-6-4-7-15-44)60-42-58(38-39-59(60)61)64(57-35-27-47-19-11-13-21-51(47)41-57)54-32-24-49(25-33-54)45-16-8-5-9-17-45/h4-42H,43H2,1-3H3. The summed E-state index contributed by atoms with van der Waals surface area (Å²) in [6, 6.07) is 86.8. The summed E-state index contributed by atoms with van der Waals surface area (Å²) in [7, 11) is 0. The summed E-state index contributed by atoms with van der Waals surface area (Å²) in [6.45, 7) is 7.28. The normalized spacial score (nSPS) is 15.2. The van der Waals surface area contributed by atoms with Crippen molar-refractivity contribution in [2.45, 2.75) is 38.0 Å². The van der Waals surface area contributed by atoms with E-state index in [1.54, 1.807) is 0 Å². The Morgan fingerprint density at radius 3 is 1.14 bits per heavy atom. The smallest absolute Gasteiger partial charge is 0.0468 e. The lowest BCUT2D eigenvalue weighted by Crippen LogP contribution is -2.23. The molecule has 2 heteroatoms. The maximum Gasteiger partial charge on any atom is 0.0468 e. The highest BCUT2D eigenvalue weighted by atomic mass is 15.1. The van der Waals surface area contributed by atoms with Crippen molar-refractivity contribution < 1.29 is 0 Å². The van der Waals surface area contributed by atoms with Crippen molar-refractivity contribution in [3.8, 4) is 22.3 Å². The fourth-order valence-corrected chi connectivity index (χ4v) is 10.4. The number of rotatable bonds is 9. The Hall–Kier alpha value is -7.68. The molecule has 0 aromatic heterocycles. The van der Waals surface area contributed by atoms with Crippen LogP contribution in [-0.4, -0.2) is 0 Å². The van der Waals surface area contributed by atoms with Gasteiger partial charge in [0.2, 0.25) is 0 Å². The highest BCUT2D eigenvalue weighted by molar-refractivity contribution is 5.91. The average molecular weight is 823 g/mol. The lowest BCUT2D eigenvalue weighted by atomic mass is 9.75. The number of fused-ring (bicyclic) bond motifs is 3. The fourth-order valence-electron chi connectivity index (χ4n) is 10.4. The summed E-state index contributed by atoms with van der Waals surface area (Å²) in [4.78, 5) is 4.82. The van der Waals surface area contributed by atoms with E-state index in [0.29, 0.717) is 0 Å². The zero-order chi connectivity index (χ0) is 43.3. The molecule has 1 aliphatic rings. The quantitative estimate of drug-likeness (QED) is 0.143. The van der Waals surface area contributed by atoms with Gasteiger partial charge in [-0.2, -0.15) is 0 Å². The summed E-state index contributed by atoms with van der Waals surface area (Å²) in [5.74, 6) is 0. The molecule has 0 radical (unpaired) electrons. The van der Waals surface area contributed by atoms with E-state index in [1.165, 1.54) is 60.5 Å². The highest BCUT2D eigenvalue weighted by Crippen LogP contribution is 2.55. The lowest BCUT2D eigenvalue weighted by molar-refractivity contribution is 0.425. The van der Waals surface area contributed by atoms with E-state index >= 15 is 0 Å². The van der Waals surface area contributed by atoms with Gasteiger partial charge in [-0.1, -0.05) is 185 Å². The Morgan fingerprint density at radius 2 is 0.656 bits per heavy atom. The molecule has 0 bridgehead atoms. The first-order valence-electron chi connectivity index (χ1n) is 22.5. The van der Waals surface area contributed by atoms with E-state index in [-0.39, 0.29) is 10.8 Å². The molecule has 0 spiro atoms. The topological polar surface area (TPSA) is 6.48 Å². The van der Waals surface area contributed by atoms with Gasteiger partial charge in [-0.3, -0.25) is 0 Å². The van der Waals surface area contributed by atoms with Crippen LogP contribution in [0.4, 0.5) is 34.1 Å². The van der Waals surface area contributed by atoms with Gasteiger partial charge in [0.05, 0.1) is 0 Å². The van der Waals surface area contributed by atoms with Crippen molar-refractivity contribution in [3.63, 3.8) is 0 Å². The van der Waals surface area contributed by atoms with Crippen molar-refractivity contribution >= 4 is 55.7 Å². The van der Waals surface area contributed by atoms with Crippen molar-refractivity contribution in [2.75, 3.05) is 9.80 Å². The second-order valence-electron chi connectivity index (χ2n) is 18.2. The van der Waals surface area contributed by atoms with Crippen LogP contribution >= 0.6 is 0 Å². The number of benzene rings is 10. The molecule has 308 valence electrons. The van der Waals surface area contributed by atoms with Gasteiger partial charge in [0.15, 0.2) is 0 Å². The molecule has 0 amide bonds. The Kier molecular flexibility index (Phi) is 9.74. The predicted octanol–water partition coefficient (Wildman–Crippen LogP) is 17.3. The maximum absolute atomic E-state index is 2.48. The van der Waals surface area contributed by atoms with Crippen LogP contribution in [0.5, 0.6) is 0 Å². The number of nitrogens with zero attached hydrogens (tertiary/aromatic N) is 2. The van der Waals surface area contributed by atoms with Crippen LogP contribution in [0.3, 0.4) is 0 Å². The number of anilines is 6. The first kappa shape index (κ1) is 39.2. The van der Waals surface area contributed by atoms with E-state index < -0.39 is 0 Å². The molecule has 0 saturated heterocycles. The van der Waals surface area contributed by atoms with Gasteiger partial charge in [-0.15, -0.1) is 0 Å². The van der Waals surface area contributed by atoms with E-state index in [4.69, 9.17) is 0 Å². The van der Waals surface area contributed by atoms with E-state index in [0.717, 1.165) is 40.5 Å². The SMILES string of the molecule is CC1(C)CC(C)(c2ccc(N(c3ccc(-c4ccccc4)cc3)c3ccc4ccccc4c3)cc2)c2cc(N(c3ccc(-c4ccccc4)cc3)c3ccc4ccccc4c3)ccc21. The summed E-state index contributed by atoms with van der Waals surface area (Å²) < 4.78 is 0. The minimum atomic E-state index is -0.218. The molecule has 11 rings (SSSR count). The minimum absolute atomic E-state index is 0.00990. The molecule has 1 atom stereocenters. The van der Waals surface area contributed by atoms with Crippen LogP contribution in [0.25, 0.3) is 43.8 Å². The van der Waals surface area contributed by atoms with Gasteiger partial charge in [-0.25, -0.2) is 0 Å². The zero-order valence-electron chi connectivity index (χ0n) is 36.6. The van der Waals surface area contributed by atoms with Crippen LogP contribution in [0.1, 0.15) is 43.9 Å². The van der Waals surface area contributed by atoms with E-state index in [9.17, 15) is 0 Å². The molecule has 0 fully saturated rings. The van der Waals surface area contributed by atoms with Gasteiger partial charge in [0.1, 0.15) is 0 Å². The summed E-state index contributed by atoms with van der Waals surface area (Å²) in [6.07, 6.45) is 1.01. The third-order valence-electron chi connectivity index (χ3n) is 13.6. The van der Waals surface area contributed by atoms with Crippen LogP contribution in [0, 0.1) is 0 Å². The molecule has 1 unspecified atom stereocenters. The predicted molar refractivity (Wildman–Crippen MR) is 272 cm³/mol. The molecule has 0 heterocycles. The van der Waals surface area contributed by atoms with Gasteiger partial charge in [0.25, 0.3) is 0 Å². The monoisotopic (exact) mass is 822 g/mol. The Bertz CT molecular complexity index is 3260. The second kappa shape index (κ2) is 15.9. The van der Waals surface area contributed by atoms with Crippen molar-refractivity contribution in [3.05, 3.63) is 253 Å². The maximum atomic E-state index is 2.48. The minimum Gasteiger partial charge on any atom is -0.310 e. The molecule has 64 heavy (non-hydrogen) atoms. The van der Waals surface area contributed by atoms with Crippen molar-refractivity contribution in [2.24, 2.45) is 0 Å². The highest BCUT2D eigenvalue weighted by Gasteiger charge is 2.46. The molecule has 10 aromatic rings. The molecule has 0 aliphatic heterocycles. The van der Waals surface area contributed by atoms with Crippen LogP contribution < -0.4 is 9.80 Å². The summed E-state index contributed by atoms with van der Waals surface area (Å²) in [5.41, 5.74) is 15.5. The molecule has 0 saturated carbocycles. The first-order valence-corrected chi connectivity index (χ1v) is 22.5. The number of hydrogen-bond donors (Lipinski definition) is 0. The zero-order valence-corrected chi connectivity index (χ0v) is 36.6. The van der Waals surface area contributed by atoms with Gasteiger partial charge in [-0.05, 0) is 145 Å². The van der Waals surface area contributed by atoms with Gasteiger partial charge in [0, 0.05) is 39.5 Å². The molecule has 1 aliphatic carbocycles. The van der Waals surface area contributed by atoms with Gasteiger partial charge < -0.3 is 9.80 Å². The van der Waals surface area contributed by atoms with Crippen LogP contribution in [-0.2, 0) is 10.8 Å². The van der Waals surface area contributed by atoms with Crippen molar-refractivity contribution in [1.29, 1.82) is 0 Å². The largest absolute Gasteiger partial charge is 0.310 e. The molecule has 0 N–H and O–H groups in total. The Balaban J connectivity index is 0.995. The molecular weight excluding hydrogens is 773 g/mol. The molecule has 10 aromatic carbocycles. The third kappa shape index (κ3) is 7.12. The Morgan fingerprint density at radius 1 is 0.297 bits per heavy atom. The van der Waals surface area contributed by atoms with E-state index in [2.05, 4.69) is 267 Å².